The molecule has 1 saturated heterocycles. The van der Waals surface area contributed by atoms with Crippen LogP contribution in [0.5, 0.6) is 0 Å². The molecule has 1 unspecified atom stereocenters. The minimum atomic E-state index is -2.64. The van der Waals surface area contributed by atoms with Crippen molar-refractivity contribution in [1.29, 1.82) is 0 Å². The van der Waals surface area contributed by atoms with Crippen molar-refractivity contribution in [2.45, 2.75) is 38.0 Å². The number of rotatable bonds is 5. The summed E-state index contributed by atoms with van der Waals surface area (Å²) in [5.41, 5.74) is 4.31. The third-order valence-corrected chi connectivity index (χ3v) is 6.83. The summed E-state index contributed by atoms with van der Waals surface area (Å²) >= 11 is 0. The number of halogens is 3. The van der Waals surface area contributed by atoms with E-state index in [4.69, 9.17) is 0 Å². The largest absolute Gasteiger partial charge is 0.356 e. The van der Waals surface area contributed by atoms with Gasteiger partial charge in [-0.15, -0.1) is 0 Å². The highest BCUT2D eigenvalue weighted by molar-refractivity contribution is 5.93. The summed E-state index contributed by atoms with van der Waals surface area (Å²) in [7, 11) is 0. The highest BCUT2D eigenvalue weighted by Gasteiger charge is 2.43. The molecule has 1 aromatic carbocycles. The first kappa shape index (κ1) is 24.2. The molecule has 0 aliphatic carbocycles. The molecule has 3 aromatic heterocycles. The number of likely N-dealkylation sites (tertiary alicyclic amines) is 1. The Morgan fingerprint density at radius 1 is 1.26 bits per heavy atom. The number of aromatic nitrogens is 4. The van der Waals surface area contributed by atoms with E-state index in [1.807, 2.05) is 30.3 Å². The van der Waals surface area contributed by atoms with Gasteiger partial charge in [0.05, 0.1) is 38.2 Å². The van der Waals surface area contributed by atoms with Crippen LogP contribution in [0, 0.1) is 18.8 Å². The van der Waals surface area contributed by atoms with Gasteiger partial charge >= 0.3 is 0 Å². The molecule has 0 bridgehead atoms. The molecule has 2 N–H and O–H groups in total. The first-order chi connectivity index (χ1) is 18.2. The molecule has 2 atom stereocenters. The summed E-state index contributed by atoms with van der Waals surface area (Å²) in [4.78, 5) is 27.3. The molecule has 0 radical (unpaired) electrons. The third-order valence-electron chi connectivity index (χ3n) is 6.83. The van der Waals surface area contributed by atoms with Gasteiger partial charge in [-0.25, -0.2) is 23.1 Å². The van der Waals surface area contributed by atoms with E-state index < -0.39 is 24.0 Å². The predicted molar refractivity (Wildman–Crippen MR) is 136 cm³/mol. The van der Waals surface area contributed by atoms with Crippen molar-refractivity contribution in [2.75, 3.05) is 19.6 Å². The monoisotopic (exact) mass is 518 g/mol. The summed E-state index contributed by atoms with van der Waals surface area (Å²) in [5.74, 6) is 2.79. The molecule has 0 saturated carbocycles. The molecule has 5 heterocycles. The number of aromatic amines is 1. The van der Waals surface area contributed by atoms with E-state index in [-0.39, 0.29) is 38.3 Å². The first-order valence-corrected chi connectivity index (χ1v) is 12.4. The summed E-state index contributed by atoms with van der Waals surface area (Å²) < 4.78 is 42.1. The number of hydrogen-bond donors (Lipinski definition) is 2. The lowest BCUT2D eigenvalue weighted by molar-refractivity contribution is -0.125. The number of fused-ring (bicyclic) bond motifs is 2. The highest BCUT2D eigenvalue weighted by atomic mass is 19.3. The summed E-state index contributed by atoms with van der Waals surface area (Å²) in [6.45, 7) is 1.65. The number of para-hydroxylation sites is 1. The zero-order valence-corrected chi connectivity index (χ0v) is 20.6. The van der Waals surface area contributed by atoms with Crippen LogP contribution < -0.4 is 5.32 Å². The van der Waals surface area contributed by atoms with E-state index in [0.29, 0.717) is 17.0 Å². The van der Waals surface area contributed by atoms with Crippen LogP contribution >= 0.6 is 0 Å². The number of H-pyrrole nitrogens is 1. The first-order valence-electron chi connectivity index (χ1n) is 12.4. The highest BCUT2D eigenvalue weighted by Crippen LogP contribution is 2.31. The zero-order chi connectivity index (χ0) is 26.4. The van der Waals surface area contributed by atoms with Gasteiger partial charge in [-0.1, -0.05) is 30.0 Å². The molecule has 6 rings (SSSR count). The molecule has 0 spiro atoms. The summed E-state index contributed by atoms with van der Waals surface area (Å²) in [6.07, 6.45) is 0.847. The topological polar surface area (TPSA) is 78.8 Å². The van der Waals surface area contributed by atoms with Crippen molar-refractivity contribution >= 4 is 16.8 Å². The second-order valence-electron chi connectivity index (χ2n) is 9.93. The molecule has 4 aromatic rings. The average Bonchev–Trinajstić information content (AvgIpc) is 3.54. The van der Waals surface area contributed by atoms with Crippen LogP contribution in [0.1, 0.15) is 44.9 Å². The normalized spacial score (nSPS) is 18.9. The number of alkyl halides is 3. The van der Waals surface area contributed by atoms with Gasteiger partial charge in [0.1, 0.15) is 17.9 Å². The van der Waals surface area contributed by atoms with Gasteiger partial charge in [0.15, 0.2) is 0 Å². The molecular weight excluding hydrogens is 493 g/mol. The Bertz CT molecular complexity index is 1560. The maximum absolute atomic E-state index is 14.2. The fourth-order valence-corrected chi connectivity index (χ4v) is 5.11. The summed E-state index contributed by atoms with van der Waals surface area (Å²) in [6, 6.07) is 12.4. The van der Waals surface area contributed by atoms with Crippen LogP contribution in [-0.2, 0) is 13.0 Å². The summed E-state index contributed by atoms with van der Waals surface area (Å²) in [5, 5.41) is 4.02. The lowest BCUT2D eigenvalue weighted by Gasteiger charge is -2.37. The average molecular weight is 519 g/mol. The molecule has 2 aliphatic rings. The van der Waals surface area contributed by atoms with E-state index in [1.54, 1.807) is 34.9 Å². The van der Waals surface area contributed by atoms with Gasteiger partial charge < -0.3 is 14.9 Å². The maximum atomic E-state index is 14.2. The van der Waals surface area contributed by atoms with Gasteiger partial charge in [0.2, 0.25) is 0 Å². The molecule has 7 nitrogen and oxygen atoms in total. The number of carbonyl (C=O) groups excluding carboxylic acids is 1. The van der Waals surface area contributed by atoms with E-state index in [9.17, 15) is 18.0 Å². The fraction of sp³-hybridized carbons (Fsp3) is 0.321. The Labute approximate surface area is 217 Å². The lowest BCUT2D eigenvalue weighted by Crippen LogP contribution is -2.55. The molecule has 1 amide bonds. The fourth-order valence-electron chi connectivity index (χ4n) is 5.11. The second-order valence-corrected chi connectivity index (χ2v) is 9.93. The number of imidazole rings is 1. The van der Waals surface area contributed by atoms with E-state index >= 15 is 0 Å². The molecule has 1 fully saturated rings. The second kappa shape index (κ2) is 9.33. The van der Waals surface area contributed by atoms with Crippen molar-refractivity contribution < 1.29 is 18.0 Å². The van der Waals surface area contributed by atoms with E-state index in [2.05, 4.69) is 32.1 Å². The van der Waals surface area contributed by atoms with Crippen molar-refractivity contribution in [2.24, 2.45) is 0 Å². The lowest BCUT2D eigenvalue weighted by atomic mass is 10.1. The van der Waals surface area contributed by atoms with Crippen LogP contribution in [0.4, 0.5) is 13.2 Å². The number of pyridine rings is 1. The van der Waals surface area contributed by atoms with E-state index in [0.717, 1.165) is 22.3 Å². The zero-order valence-electron chi connectivity index (χ0n) is 20.6. The van der Waals surface area contributed by atoms with Gasteiger partial charge in [0.25, 0.3) is 11.8 Å². The SMILES string of the molecule is Cc1cc(C#CCN2CC(F)(F)C2)cc(C(=O)NC(c2cc3ccccc3[nH]2)c2ncn3c2C[C@@H](F)C3)n1. The Balaban J connectivity index is 1.28. The minimum absolute atomic E-state index is 0.171. The molecule has 2 aliphatic heterocycles. The quantitative estimate of drug-likeness (QED) is 0.394. The standard InChI is InChI=1S/C28H25F3N6O/c1-17-9-18(5-4-8-36-14-28(30,31)15-36)10-23(33-17)27(38)35-25(22-11-19-6-2-3-7-21(19)34-22)26-24-12-20(29)13-37(24)16-32-26/h2-3,6-7,9-11,16,20,25,34H,8,12-15H2,1H3,(H,35,38)/t20-,25?/m1/s1. The van der Waals surface area contributed by atoms with Crippen molar-refractivity contribution in [3.8, 4) is 11.8 Å². The van der Waals surface area contributed by atoms with Crippen molar-refractivity contribution in [3.05, 3.63) is 82.8 Å². The van der Waals surface area contributed by atoms with Gasteiger partial charge in [-0.2, -0.15) is 0 Å². The number of nitrogens with one attached hydrogen (secondary N) is 2. The van der Waals surface area contributed by atoms with Gasteiger partial charge in [-0.3, -0.25) is 9.69 Å². The number of aryl methyl sites for hydroxylation is 1. The number of carbonyl (C=O) groups is 1. The Morgan fingerprint density at radius 2 is 2.08 bits per heavy atom. The molecule has 194 valence electrons. The van der Waals surface area contributed by atoms with Crippen LogP contribution in [0.3, 0.4) is 0 Å². The van der Waals surface area contributed by atoms with Gasteiger partial charge in [-0.05, 0) is 36.6 Å². The van der Waals surface area contributed by atoms with Crippen LogP contribution in [0.2, 0.25) is 0 Å². The third kappa shape index (κ3) is 4.77. The maximum Gasteiger partial charge on any atom is 0.273 e. The molecular formula is C28H25F3N6O. The number of nitrogens with zero attached hydrogens (tertiary/aromatic N) is 4. The Morgan fingerprint density at radius 3 is 2.87 bits per heavy atom. The minimum Gasteiger partial charge on any atom is -0.356 e. The Hall–Kier alpha value is -4.10. The van der Waals surface area contributed by atoms with Crippen LogP contribution in [0.15, 0.2) is 48.8 Å². The number of amides is 1. The van der Waals surface area contributed by atoms with Gasteiger partial charge in [0, 0.05) is 34.6 Å². The predicted octanol–water partition coefficient (Wildman–Crippen LogP) is 3.78. The number of hydrogen-bond acceptors (Lipinski definition) is 4. The number of benzene rings is 1. The van der Waals surface area contributed by atoms with Crippen molar-refractivity contribution in [3.63, 3.8) is 0 Å². The van der Waals surface area contributed by atoms with Crippen LogP contribution in [0.25, 0.3) is 10.9 Å². The molecule has 38 heavy (non-hydrogen) atoms. The molecule has 10 heteroatoms. The smallest absolute Gasteiger partial charge is 0.273 e. The Kier molecular flexibility index (Phi) is 5.95. The van der Waals surface area contributed by atoms with Crippen LogP contribution in [-0.4, -0.2) is 62.1 Å². The van der Waals surface area contributed by atoms with E-state index in [1.165, 1.54) is 0 Å². The van der Waals surface area contributed by atoms with Crippen molar-refractivity contribution in [1.82, 2.24) is 29.7 Å².